The molecule has 7 nitrogen and oxygen atoms in total. The van der Waals surface area contributed by atoms with Crippen molar-refractivity contribution in [1.29, 1.82) is 0 Å². The van der Waals surface area contributed by atoms with Crippen molar-refractivity contribution < 1.29 is 13.6 Å². The first-order chi connectivity index (χ1) is 17.1. The molecule has 35 heavy (non-hydrogen) atoms. The second-order valence-electron chi connectivity index (χ2n) is 8.26. The zero-order valence-corrected chi connectivity index (χ0v) is 18.7. The second-order valence-corrected chi connectivity index (χ2v) is 8.26. The maximum Gasteiger partial charge on any atom is 0.271 e. The summed E-state index contributed by atoms with van der Waals surface area (Å²) in [4.78, 5) is 32.0. The van der Waals surface area contributed by atoms with Crippen LogP contribution in [-0.4, -0.2) is 45.0 Å². The molecule has 5 rings (SSSR count). The highest BCUT2D eigenvalue weighted by Crippen LogP contribution is 2.31. The quantitative estimate of drug-likeness (QED) is 0.467. The fourth-order valence-corrected chi connectivity index (χ4v) is 4.09. The van der Waals surface area contributed by atoms with Gasteiger partial charge in [0.2, 0.25) is 0 Å². The first-order valence-electron chi connectivity index (χ1n) is 11.3. The molecule has 1 saturated heterocycles. The van der Waals surface area contributed by atoms with E-state index in [1.54, 1.807) is 30.5 Å². The Labute approximate surface area is 200 Å². The van der Waals surface area contributed by atoms with Crippen molar-refractivity contribution in [3.8, 4) is 22.5 Å². The van der Waals surface area contributed by atoms with Gasteiger partial charge in [-0.05, 0) is 61.4 Å². The Bertz CT molecular complexity index is 1310. The zero-order chi connectivity index (χ0) is 24.2. The molecular weight excluding hydrogens is 450 g/mol. The van der Waals surface area contributed by atoms with Crippen LogP contribution in [-0.2, 0) is 0 Å². The molecule has 1 N–H and O–H groups in total. The lowest BCUT2D eigenvalue weighted by Crippen LogP contribution is -2.45. The van der Waals surface area contributed by atoms with Gasteiger partial charge in [-0.1, -0.05) is 0 Å². The summed E-state index contributed by atoms with van der Waals surface area (Å²) in [6, 6.07) is 12.1. The molecule has 0 unspecified atom stereocenters. The third-order valence-corrected chi connectivity index (χ3v) is 5.95. The van der Waals surface area contributed by atoms with Crippen LogP contribution in [0.2, 0.25) is 0 Å². The minimum Gasteiger partial charge on any atom is -0.355 e. The number of halogens is 2. The van der Waals surface area contributed by atoms with Crippen LogP contribution in [0, 0.1) is 11.6 Å². The highest BCUT2D eigenvalue weighted by Gasteiger charge is 2.24. The van der Waals surface area contributed by atoms with Gasteiger partial charge in [-0.15, -0.1) is 0 Å². The fraction of sp³-hybridized carbons (Fsp3) is 0.192. The molecule has 1 amide bonds. The molecule has 9 heteroatoms. The number of benzene rings is 2. The second kappa shape index (κ2) is 9.92. The van der Waals surface area contributed by atoms with E-state index in [2.05, 4.69) is 25.2 Å². The summed E-state index contributed by atoms with van der Waals surface area (Å²) < 4.78 is 27.0. The fourth-order valence-electron chi connectivity index (χ4n) is 4.09. The summed E-state index contributed by atoms with van der Waals surface area (Å²) in [5, 5.41) is 3.01. The van der Waals surface area contributed by atoms with Gasteiger partial charge in [-0.25, -0.2) is 18.7 Å². The minimum absolute atomic E-state index is 0.0174. The van der Waals surface area contributed by atoms with E-state index in [-0.39, 0.29) is 23.6 Å². The lowest BCUT2D eigenvalue weighted by Gasteiger charge is -2.33. The Morgan fingerprint density at radius 3 is 2.06 bits per heavy atom. The molecule has 2 aromatic heterocycles. The predicted octanol–water partition coefficient (Wildman–Crippen LogP) is 4.28. The molecule has 0 radical (unpaired) electrons. The van der Waals surface area contributed by atoms with E-state index >= 15 is 0 Å². The molecule has 0 saturated carbocycles. The highest BCUT2D eigenvalue weighted by molar-refractivity contribution is 5.92. The first kappa shape index (κ1) is 22.5. The number of anilines is 1. The standard InChI is InChI=1S/C26H22F2N6O/c27-19-5-1-17(2-6-19)24-25(18-3-7-20(28)8-4-18)33-23(16-31-24)34-13-9-21(10-14-34)32-26(35)22-15-29-11-12-30-22/h1-8,11-12,15-16,21H,9-10,13-14H2,(H,32,35). The summed E-state index contributed by atoms with van der Waals surface area (Å²) in [6.45, 7) is 1.36. The van der Waals surface area contributed by atoms with Gasteiger partial charge >= 0.3 is 0 Å². The predicted molar refractivity (Wildman–Crippen MR) is 128 cm³/mol. The normalized spacial score (nSPS) is 14.1. The molecule has 0 spiro atoms. The average molecular weight is 472 g/mol. The molecule has 4 aromatic rings. The van der Waals surface area contributed by atoms with Gasteiger partial charge in [-0.3, -0.25) is 14.8 Å². The number of piperidine rings is 1. The molecule has 0 aliphatic carbocycles. The van der Waals surface area contributed by atoms with Crippen LogP contribution >= 0.6 is 0 Å². The van der Waals surface area contributed by atoms with Gasteiger partial charge in [0.25, 0.3) is 5.91 Å². The van der Waals surface area contributed by atoms with Crippen molar-refractivity contribution in [2.24, 2.45) is 0 Å². The summed E-state index contributed by atoms with van der Waals surface area (Å²) in [7, 11) is 0. The SMILES string of the molecule is O=C(NC1CCN(c2cnc(-c3ccc(F)cc3)c(-c3ccc(F)cc3)n2)CC1)c1cnccn1. The topological polar surface area (TPSA) is 83.9 Å². The summed E-state index contributed by atoms with van der Waals surface area (Å²) in [5.41, 5.74) is 2.90. The van der Waals surface area contributed by atoms with Crippen molar-refractivity contribution in [3.63, 3.8) is 0 Å². The van der Waals surface area contributed by atoms with Crippen LogP contribution < -0.4 is 10.2 Å². The van der Waals surface area contributed by atoms with Gasteiger partial charge in [-0.2, -0.15) is 0 Å². The maximum absolute atomic E-state index is 13.6. The molecule has 2 aromatic carbocycles. The smallest absolute Gasteiger partial charge is 0.271 e. The number of nitrogens with one attached hydrogen (secondary N) is 1. The number of carbonyl (C=O) groups is 1. The number of aromatic nitrogens is 4. The van der Waals surface area contributed by atoms with E-state index < -0.39 is 0 Å². The van der Waals surface area contributed by atoms with E-state index in [4.69, 9.17) is 4.98 Å². The number of rotatable bonds is 5. The molecule has 0 atom stereocenters. The van der Waals surface area contributed by atoms with E-state index in [0.29, 0.717) is 41.6 Å². The van der Waals surface area contributed by atoms with E-state index in [1.165, 1.54) is 42.9 Å². The largest absolute Gasteiger partial charge is 0.355 e. The van der Waals surface area contributed by atoms with Crippen LogP contribution in [0.15, 0.2) is 73.3 Å². The Morgan fingerprint density at radius 2 is 1.46 bits per heavy atom. The molecule has 1 aliphatic heterocycles. The number of nitrogens with zero attached hydrogens (tertiary/aromatic N) is 5. The van der Waals surface area contributed by atoms with Crippen molar-refractivity contribution in [2.75, 3.05) is 18.0 Å². The zero-order valence-electron chi connectivity index (χ0n) is 18.7. The lowest BCUT2D eigenvalue weighted by molar-refractivity contribution is 0.0925. The van der Waals surface area contributed by atoms with E-state index in [1.807, 2.05) is 0 Å². The van der Waals surface area contributed by atoms with Crippen LogP contribution in [0.1, 0.15) is 23.3 Å². The van der Waals surface area contributed by atoms with Crippen molar-refractivity contribution in [3.05, 3.63) is 90.6 Å². The lowest BCUT2D eigenvalue weighted by atomic mass is 10.0. The van der Waals surface area contributed by atoms with Crippen molar-refractivity contribution in [1.82, 2.24) is 25.3 Å². The van der Waals surface area contributed by atoms with Gasteiger partial charge in [0.05, 0.1) is 23.8 Å². The van der Waals surface area contributed by atoms with Crippen molar-refractivity contribution in [2.45, 2.75) is 18.9 Å². The van der Waals surface area contributed by atoms with E-state index in [9.17, 15) is 13.6 Å². The van der Waals surface area contributed by atoms with Gasteiger partial charge in [0, 0.05) is 42.7 Å². The van der Waals surface area contributed by atoms with Crippen LogP contribution in [0.4, 0.5) is 14.6 Å². The van der Waals surface area contributed by atoms with Gasteiger partial charge in [0.15, 0.2) is 0 Å². The summed E-state index contributed by atoms with van der Waals surface area (Å²) in [5.74, 6) is -0.227. The average Bonchev–Trinajstić information content (AvgIpc) is 2.90. The Kier molecular flexibility index (Phi) is 6.38. The summed E-state index contributed by atoms with van der Waals surface area (Å²) in [6.07, 6.45) is 7.63. The first-order valence-corrected chi connectivity index (χ1v) is 11.3. The van der Waals surface area contributed by atoms with Crippen LogP contribution in [0.5, 0.6) is 0 Å². The highest BCUT2D eigenvalue weighted by atomic mass is 19.1. The molecule has 1 aliphatic rings. The third kappa shape index (κ3) is 5.13. The van der Waals surface area contributed by atoms with Gasteiger partial charge in [0.1, 0.15) is 23.1 Å². The summed E-state index contributed by atoms with van der Waals surface area (Å²) >= 11 is 0. The Balaban J connectivity index is 1.36. The Hall–Kier alpha value is -4.27. The molecule has 0 bridgehead atoms. The minimum atomic E-state index is -0.341. The van der Waals surface area contributed by atoms with Crippen LogP contribution in [0.25, 0.3) is 22.5 Å². The number of hydrogen-bond acceptors (Lipinski definition) is 6. The number of carbonyl (C=O) groups excluding carboxylic acids is 1. The monoisotopic (exact) mass is 472 g/mol. The number of hydrogen-bond donors (Lipinski definition) is 1. The Morgan fingerprint density at radius 1 is 0.829 bits per heavy atom. The maximum atomic E-state index is 13.6. The number of amides is 1. The van der Waals surface area contributed by atoms with E-state index in [0.717, 1.165) is 18.4 Å². The van der Waals surface area contributed by atoms with Gasteiger partial charge < -0.3 is 10.2 Å². The molecular formula is C26H22F2N6O. The van der Waals surface area contributed by atoms with Crippen LogP contribution in [0.3, 0.4) is 0 Å². The third-order valence-electron chi connectivity index (χ3n) is 5.95. The molecule has 1 fully saturated rings. The molecule has 176 valence electrons. The molecule has 3 heterocycles. The van der Waals surface area contributed by atoms with Crippen molar-refractivity contribution >= 4 is 11.7 Å².